The van der Waals surface area contributed by atoms with Gasteiger partial charge in [-0.25, -0.2) is 0 Å². The summed E-state index contributed by atoms with van der Waals surface area (Å²) < 4.78 is 2.42. The highest BCUT2D eigenvalue weighted by Gasteiger charge is 2.02. The molecule has 3 aromatic rings. The molecule has 1 aromatic heterocycles. The molecule has 0 radical (unpaired) electrons. The van der Waals surface area contributed by atoms with Crippen LogP contribution in [0.3, 0.4) is 0 Å². The summed E-state index contributed by atoms with van der Waals surface area (Å²) >= 11 is 12.9. The molecule has 21 heavy (non-hydrogen) atoms. The summed E-state index contributed by atoms with van der Waals surface area (Å²) in [5.41, 5.74) is 2.08. The second kappa shape index (κ2) is 6.05. The molecule has 0 saturated carbocycles. The van der Waals surface area contributed by atoms with E-state index >= 15 is 0 Å². The van der Waals surface area contributed by atoms with Gasteiger partial charge in [0.05, 0.1) is 0 Å². The molecule has 0 spiro atoms. The third-order valence-corrected chi connectivity index (χ3v) is 4.74. The van der Waals surface area contributed by atoms with Gasteiger partial charge in [-0.3, -0.25) is 9.67 Å². The third-order valence-electron chi connectivity index (χ3n) is 3.03. The van der Waals surface area contributed by atoms with Crippen molar-refractivity contribution in [3.05, 3.63) is 64.1 Å². The average molecular weight is 334 g/mol. The Morgan fingerprint density at radius 1 is 1.14 bits per heavy atom. The van der Waals surface area contributed by atoms with E-state index in [0.29, 0.717) is 4.77 Å². The molecule has 0 bridgehead atoms. The SMILES string of the molecule is Cc1cc(Sc2ccc(-n3cn[nH]c3=S)cc2)ccc1Cl. The Balaban J connectivity index is 1.83. The lowest BCUT2D eigenvalue weighted by molar-refractivity contribution is 1.03. The lowest BCUT2D eigenvalue weighted by Gasteiger charge is -2.06. The van der Waals surface area contributed by atoms with Crippen LogP contribution in [0.25, 0.3) is 5.69 Å². The molecule has 0 aliphatic heterocycles. The molecule has 6 heteroatoms. The summed E-state index contributed by atoms with van der Waals surface area (Å²) in [5, 5.41) is 7.46. The maximum Gasteiger partial charge on any atom is 0.199 e. The molecular weight excluding hydrogens is 322 g/mol. The Labute approximate surface area is 137 Å². The van der Waals surface area contributed by atoms with Crippen LogP contribution in [-0.2, 0) is 0 Å². The number of benzene rings is 2. The molecule has 106 valence electrons. The van der Waals surface area contributed by atoms with Gasteiger partial charge in [0.15, 0.2) is 4.77 Å². The zero-order valence-corrected chi connectivity index (χ0v) is 13.6. The van der Waals surface area contributed by atoms with Crippen molar-refractivity contribution >= 4 is 35.6 Å². The molecule has 3 nitrogen and oxygen atoms in total. The van der Waals surface area contributed by atoms with Crippen LogP contribution in [0, 0.1) is 11.7 Å². The van der Waals surface area contributed by atoms with E-state index in [1.807, 2.05) is 35.8 Å². The number of nitrogens with one attached hydrogen (secondary N) is 1. The predicted octanol–water partition coefficient (Wildman–Crippen LogP) is 5.04. The normalized spacial score (nSPS) is 10.8. The van der Waals surface area contributed by atoms with Crippen molar-refractivity contribution in [2.45, 2.75) is 16.7 Å². The molecule has 2 aromatic carbocycles. The first-order valence-corrected chi connectivity index (χ1v) is 7.90. The third kappa shape index (κ3) is 3.20. The molecule has 0 amide bonds. The van der Waals surface area contributed by atoms with Gasteiger partial charge in [-0.05, 0) is 67.2 Å². The summed E-state index contributed by atoms with van der Waals surface area (Å²) in [6, 6.07) is 14.2. The fourth-order valence-electron chi connectivity index (χ4n) is 1.92. The lowest BCUT2D eigenvalue weighted by Crippen LogP contribution is -1.91. The van der Waals surface area contributed by atoms with Gasteiger partial charge in [0.2, 0.25) is 0 Å². The molecule has 3 rings (SSSR count). The number of nitrogens with zero attached hydrogens (tertiary/aromatic N) is 2. The van der Waals surface area contributed by atoms with Crippen LogP contribution in [0.15, 0.2) is 58.6 Å². The number of aromatic nitrogens is 3. The lowest BCUT2D eigenvalue weighted by atomic mass is 10.2. The average Bonchev–Trinajstić information content (AvgIpc) is 2.90. The van der Waals surface area contributed by atoms with Gasteiger partial charge in [0, 0.05) is 20.5 Å². The van der Waals surface area contributed by atoms with E-state index in [1.54, 1.807) is 18.1 Å². The van der Waals surface area contributed by atoms with Crippen molar-refractivity contribution < 1.29 is 0 Å². The van der Waals surface area contributed by atoms with Crippen molar-refractivity contribution in [3.63, 3.8) is 0 Å². The van der Waals surface area contributed by atoms with Gasteiger partial charge in [0.1, 0.15) is 6.33 Å². The molecule has 0 unspecified atom stereocenters. The van der Waals surface area contributed by atoms with Crippen LogP contribution in [0.2, 0.25) is 5.02 Å². The number of hydrogen-bond donors (Lipinski definition) is 1. The molecule has 0 aliphatic carbocycles. The Hall–Kier alpha value is -1.56. The van der Waals surface area contributed by atoms with E-state index in [-0.39, 0.29) is 0 Å². The zero-order valence-electron chi connectivity index (χ0n) is 11.2. The summed E-state index contributed by atoms with van der Waals surface area (Å²) in [6.07, 6.45) is 1.67. The van der Waals surface area contributed by atoms with Crippen LogP contribution in [0.4, 0.5) is 0 Å². The van der Waals surface area contributed by atoms with Gasteiger partial charge < -0.3 is 0 Å². The molecule has 0 saturated heterocycles. The maximum atomic E-state index is 6.05. The summed E-state index contributed by atoms with van der Waals surface area (Å²) in [7, 11) is 0. The number of aryl methyl sites for hydroxylation is 1. The van der Waals surface area contributed by atoms with E-state index in [2.05, 4.69) is 28.4 Å². The highest BCUT2D eigenvalue weighted by Crippen LogP contribution is 2.30. The second-order valence-electron chi connectivity index (χ2n) is 4.54. The number of hydrogen-bond acceptors (Lipinski definition) is 3. The Kier molecular flexibility index (Phi) is 4.14. The first kappa shape index (κ1) is 14.4. The van der Waals surface area contributed by atoms with Crippen LogP contribution in [0.5, 0.6) is 0 Å². The highest BCUT2D eigenvalue weighted by molar-refractivity contribution is 7.99. The minimum absolute atomic E-state index is 0.587. The van der Waals surface area contributed by atoms with E-state index in [4.69, 9.17) is 23.8 Å². The zero-order chi connectivity index (χ0) is 14.8. The van der Waals surface area contributed by atoms with Crippen LogP contribution in [0.1, 0.15) is 5.56 Å². The molecule has 1 heterocycles. The van der Waals surface area contributed by atoms with Gasteiger partial charge in [-0.2, -0.15) is 5.10 Å². The quantitative estimate of drug-likeness (QED) is 0.681. The van der Waals surface area contributed by atoms with E-state index < -0.39 is 0 Å². The highest BCUT2D eigenvalue weighted by atomic mass is 35.5. The second-order valence-corrected chi connectivity index (χ2v) is 6.48. The Bertz CT molecular complexity index is 821. The molecule has 0 fully saturated rings. The molecule has 0 aliphatic rings. The van der Waals surface area contributed by atoms with Crippen LogP contribution < -0.4 is 0 Å². The summed E-state index contributed by atoms with van der Waals surface area (Å²) in [4.78, 5) is 2.33. The van der Waals surface area contributed by atoms with Gasteiger partial charge in [0.25, 0.3) is 0 Å². The fourth-order valence-corrected chi connectivity index (χ4v) is 3.16. The standard InChI is InChI=1S/C15H12ClN3S2/c1-10-8-13(6-7-14(10)16)21-12-4-2-11(3-5-12)19-9-17-18-15(19)20/h2-9H,1H3,(H,18,20). The summed E-state index contributed by atoms with van der Waals surface area (Å²) in [5.74, 6) is 0. The fraction of sp³-hybridized carbons (Fsp3) is 0.0667. The van der Waals surface area contributed by atoms with Gasteiger partial charge in [-0.15, -0.1) is 0 Å². The van der Waals surface area contributed by atoms with Gasteiger partial charge in [-0.1, -0.05) is 23.4 Å². The first-order chi connectivity index (χ1) is 10.1. The minimum atomic E-state index is 0.587. The first-order valence-electron chi connectivity index (χ1n) is 6.30. The van der Waals surface area contributed by atoms with Crippen molar-refractivity contribution in [1.82, 2.24) is 14.8 Å². The van der Waals surface area contributed by atoms with E-state index in [1.165, 1.54) is 4.90 Å². The number of rotatable bonds is 3. The van der Waals surface area contributed by atoms with Crippen molar-refractivity contribution in [1.29, 1.82) is 0 Å². The monoisotopic (exact) mass is 333 g/mol. The van der Waals surface area contributed by atoms with E-state index in [9.17, 15) is 0 Å². The molecule has 0 atom stereocenters. The smallest absolute Gasteiger partial charge is 0.199 e. The largest absolute Gasteiger partial charge is 0.275 e. The predicted molar refractivity (Wildman–Crippen MR) is 89.1 cm³/mol. The number of halogens is 1. The maximum absolute atomic E-state index is 6.05. The molecule has 1 N–H and O–H groups in total. The van der Waals surface area contributed by atoms with Crippen LogP contribution >= 0.6 is 35.6 Å². The summed E-state index contributed by atoms with van der Waals surface area (Å²) in [6.45, 7) is 2.01. The Morgan fingerprint density at radius 3 is 2.48 bits per heavy atom. The van der Waals surface area contributed by atoms with Crippen LogP contribution in [-0.4, -0.2) is 14.8 Å². The number of aromatic amines is 1. The van der Waals surface area contributed by atoms with E-state index in [0.717, 1.165) is 21.2 Å². The number of H-pyrrole nitrogens is 1. The van der Waals surface area contributed by atoms with Crippen molar-refractivity contribution in [3.8, 4) is 5.69 Å². The Morgan fingerprint density at radius 2 is 1.86 bits per heavy atom. The van der Waals surface area contributed by atoms with Crippen molar-refractivity contribution in [2.24, 2.45) is 0 Å². The molecular formula is C15H12ClN3S2. The van der Waals surface area contributed by atoms with Gasteiger partial charge >= 0.3 is 0 Å². The van der Waals surface area contributed by atoms with Crippen molar-refractivity contribution in [2.75, 3.05) is 0 Å². The topological polar surface area (TPSA) is 33.6 Å². The minimum Gasteiger partial charge on any atom is -0.275 e.